The zero-order chi connectivity index (χ0) is 19.6. The van der Waals surface area contributed by atoms with Crippen LogP contribution in [-0.2, 0) is 4.79 Å². The number of rotatable bonds is 4. The first-order valence-electron chi connectivity index (χ1n) is 8.45. The van der Waals surface area contributed by atoms with Crippen LogP contribution in [0.2, 0.25) is 0 Å². The van der Waals surface area contributed by atoms with Gasteiger partial charge in [0.1, 0.15) is 17.3 Å². The number of nitrogens with one attached hydrogen (secondary N) is 1. The van der Waals surface area contributed by atoms with Crippen LogP contribution in [-0.4, -0.2) is 22.8 Å². The summed E-state index contributed by atoms with van der Waals surface area (Å²) in [5, 5.41) is 22.9. The second-order valence-corrected chi connectivity index (χ2v) is 6.39. The van der Waals surface area contributed by atoms with Crippen molar-refractivity contribution in [3.63, 3.8) is 0 Å². The molecule has 0 unspecified atom stereocenters. The van der Waals surface area contributed by atoms with Gasteiger partial charge in [0.25, 0.3) is 5.91 Å². The molecule has 0 aliphatic heterocycles. The topological polar surface area (TPSA) is 94.7 Å². The van der Waals surface area contributed by atoms with E-state index >= 15 is 0 Å². The molecule has 7 heteroatoms. The smallest absolute Gasteiger partial charge is 0.280 e. The average molecular weight is 367 g/mol. The molecule has 0 radical (unpaired) electrons. The lowest BCUT2D eigenvalue weighted by atomic mass is 10.0. The molecule has 2 aromatic carbocycles. The molecule has 1 aliphatic rings. The number of nitrogens with zero attached hydrogens (tertiary/aromatic N) is 2. The molecule has 1 aliphatic carbocycles. The number of carbonyl (C=O) groups is 1. The SMILES string of the molecule is C[C@@H]1C/C(=N\NC(=O)[C@@H](C)Oc2ccc(C#N)cc2)c2c(O)ccc(F)c21. The number of aromatic hydroxyl groups is 1. The molecule has 1 amide bonds. The number of hydrogen-bond donors (Lipinski definition) is 2. The molecule has 0 spiro atoms. The average Bonchev–Trinajstić information content (AvgIpc) is 3.01. The van der Waals surface area contributed by atoms with Crippen LogP contribution in [0.3, 0.4) is 0 Å². The Bertz CT molecular complexity index is 948. The number of ether oxygens (including phenoxy) is 1. The largest absolute Gasteiger partial charge is 0.507 e. The number of hydrazone groups is 1. The second-order valence-electron chi connectivity index (χ2n) is 6.39. The summed E-state index contributed by atoms with van der Waals surface area (Å²) in [6.07, 6.45) is -0.420. The predicted octanol–water partition coefficient (Wildman–Crippen LogP) is 3.20. The molecule has 27 heavy (non-hydrogen) atoms. The van der Waals surface area contributed by atoms with Gasteiger partial charge in [0.05, 0.1) is 17.3 Å². The summed E-state index contributed by atoms with van der Waals surface area (Å²) in [5.74, 6) is -0.641. The highest BCUT2D eigenvalue weighted by molar-refractivity contribution is 6.07. The fourth-order valence-corrected chi connectivity index (χ4v) is 3.04. The first-order chi connectivity index (χ1) is 12.9. The molecular formula is C20H18FN3O3. The summed E-state index contributed by atoms with van der Waals surface area (Å²) < 4.78 is 19.5. The van der Waals surface area contributed by atoms with Gasteiger partial charge in [0.15, 0.2) is 6.10 Å². The Morgan fingerprint density at radius 2 is 2.07 bits per heavy atom. The fraction of sp³-hybridized carbons (Fsp3) is 0.250. The molecule has 2 N–H and O–H groups in total. The van der Waals surface area contributed by atoms with Crippen LogP contribution in [0.4, 0.5) is 4.39 Å². The number of hydrogen-bond acceptors (Lipinski definition) is 5. The molecule has 0 saturated heterocycles. The minimum atomic E-state index is -0.832. The number of fused-ring (bicyclic) bond motifs is 1. The lowest BCUT2D eigenvalue weighted by molar-refractivity contribution is -0.127. The molecule has 6 nitrogen and oxygen atoms in total. The first kappa shape index (κ1) is 18.4. The second kappa shape index (κ2) is 7.46. The van der Waals surface area contributed by atoms with Gasteiger partial charge in [-0.05, 0) is 55.7 Å². The molecule has 0 saturated carbocycles. The van der Waals surface area contributed by atoms with Crippen LogP contribution < -0.4 is 10.2 Å². The minimum Gasteiger partial charge on any atom is -0.507 e. The molecule has 0 fully saturated rings. The van der Waals surface area contributed by atoms with Crippen LogP contribution in [0.1, 0.15) is 42.9 Å². The van der Waals surface area contributed by atoms with Gasteiger partial charge in [0.2, 0.25) is 0 Å². The highest BCUT2D eigenvalue weighted by atomic mass is 19.1. The summed E-state index contributed by atoms with van der Waals surface area (Å²) in [5.41, 5.74) is 4.07. The Morgan fingerprint density at radius 1 is 1.37 bits per heavy atom. The summed E-state index contributed by atoms with van der Waals surface area (Å²) in [6.45, 7) is 3.40. The van der Waals surface area contributed by atoms with Gasteiger partial charge in [-0.2, -0.15) is 10.4 Å². The van der Waals surface area contributed by atoms with Crippen LogP contribution in [0.5, 0.6) is 11.5 Å². The van der Waals surface area contributed by atoms with E-state index in [1.54, 1.807) is 31.2 Å². The zero-order valence-corrected chi connectivity index (χ0v) is 14.9. The van der Waals surface area contributed by atoms with Crippen LogP contribution >= 0.6 is 0 Å². The number of halogens is 1. The van der Waals surface area contributed by atoms with E-state index in [1.165, 1.54) is 12.1 Å². The molecule has 0 bridgehead atoms. The number of phenols is 1. The number of phenolic OH excluding ortho intramolecular Hbond substituents is 1. The summed E-state index contributed by atoms with van der Waals surface area (Å²) in [7, 11) is 0. The molecule has 3 rings (SSSR count). The molecule has 138 valence electrons. The predicted molar refractivity (Wildman–Crippen MR) is 97.0 cm³/mol. The van der Waals surface area contributed by atoms with Crippen molar-refractivity contribution in [2.24, 2.45) is 5.10 Å². The molecule has 2 aromatic rings. The maximum atomic E-state index is 14.0. The van der Waals surface area contributed by atoms with Crippen molar-refractivity contribution < 1.29 is 19.0 Å². The Hall–Kier alpha value is -3.40. The third-order valence-electron chi connectivity index (χ3n) is 4.42. The number of carbonyl (C=O) groups excluding carboxylic acids is 1. The molecule has 2 atom stereocenters. The third kappa shape index (κ3) is 3.75. The number of nitriles is 1. The summed E-state index contributed by atoms with van der Waals surface area (Å²) in [6, 6.07) is 10.9. The van der Waals surface area contributed by atoms with Gasteiger partial charge in [-0.1, -0.05) is 6.92 Å². The van der Waals surface area contributed by atoms with Crippen LogP contribution in [0.25, 0.3) is 0 Å². The molecule has 0 aromatic heterocycles. The Labute approximate surface area is 155 Å². The van der Waals surface area contributed by atoms with Gasteiger partial charge in [-0.15, -0.1) is 0 Å². The van der Waals surface area contributed by atoms with E-state index in [2.05, 4.69) is 10.5 Å². The van der Waals surface area contributed by atoms with Crippen LogP contribution in [0.15, 0.2) is 41.5 Å². The maximum absolute atomic E-state index is 14.0. The van der Waals surface area contributed by atoms with Crippen molar-refractivity contribution in [1.29, 1.82) is 5.26 Å². The highest BCUT2D eigenvalue weighted by Gasteiger charge is 2.31. The number of benzene rings is 2. The van der Waals surface area contributed by atoms with Crippen LogP contribution in [0, 0.1) is 17.1 Å². The van der Waals surface area contributed by atoms with E-state index in [0.717, 1.165) is 0 Å². The first-order valence-corrected chi connectivity index (χ1v) is 8.45. The fourth-order valence-electron chi connectivity index (χ4n) is 3.04. The maximum Gasteiger partial charge on any atom is 0.280 e. The molecule has 0 heterocycles. The quantitative estimate of drug-likeness (QED) is 0.812. The van der Waals surface area contributed by atoms with E-state index in [0.29, 0.717) is 34.6 Å². The Balaban J connectivity index is 1.70. The van der Waals surface area contributed by atoms with E-state index in [9.17, 15) is 14.3 Å². The van der Waals surface area contributed by atoms with Crippen molar-refractivity contribution >= 4 is 11.6 Å². The van der Waals surface area contributed by atoms with Gasteiger partial charge >= 0.3 is 0 Å². The van der Waals surface area contributed by atoms with Gasteiger partial charge < -0.3 is 9.84 Å². The zero-order valence-electron chi connectivity index (χ0n) is 14.9. The normalized spacial score (nSPS) is 17.9. The monoisotopic (exact) mass is 367 g/mol. The summed E-state index contributed by atoms with van der Waals surface area (Å²) in [4.78, 5) is 12.2. The van der Waals surface area contributed by atoms with E-state index < -0.39 is 17.8 Å². The van der Waals surface area contributed by atoms with Gasteiger partial charge in [0, 0.05) is 11.1 Å². The van der Waals surface area contributed by atoms with E-state index in [4.69, 9.17) is 10.00 Å². The number of amides is 1. The lowest BCUT2D eigenvalue weighted by Crippen LogP contribution is -2.34. The molecular weight excluding hydrogens is 349 g/mol. The van der Waals surface area contributed by atoms with E-state index in [1.807, 2.05) is 13.0 Å². The summed E-state index contributed by atoms with van der Waals surface area (Å²) >= 11 is 0. The highest BCUT2D eigenvalue weighted by Crippen LogP contribution is 2.39. The standard InChI is InChI=1S/C20H18FN3O3/c1-11-9-16(19-17(25)8-7-15(21)18(11)19)23-24-20(26)12(2)27-14-5-3-13(10-22)4-6-14/h3-8,11-12,25H,9H2,1-2H3,(H,24,26)/b23-16+/t11-,12-/m1/s1. The third-order valence-corrected chi connectivity index (χ3v) is 4.42. The van der Waals surface area contributed by atoms with Crippen molar-refractivity contribution in [3.8, 4) is 17.6 Å². The minimum absolute atomic E-state index is 0.0642. The van der Waals surface area contributed by atoms with Crippen molar-refractivity contribution in [1.82, 2.24) is 5.43 Å². The van der Waals surface area contributed by atoms with Crippen molar-refractivity contribution in [3.05, 3.63) is 58.9 Å². The van der Waals surface area contributed by atoms with Gasteiger partial charge in [-0.3, -0.25) is 4.79 Å². The van der Waals surface area contributed by atoms with Gasteiger partial charge in [-0.25, -0.2) is 9.82 Å². The van der Waals surface area contributed by atoms with E-state index in [-0.39, 0.29) is 11.7 Å². The Kier molecular flexibility index (Phi) is 5.08. The lowest BCUT2D eigenvalue weighted by Gasteiger charge is -2.13. The van der Waals surface area contributed by atoms with Crippen molar-refractivity contribution in [2.45, 2.75) is 32.3 Å². The Morgan fingerprint density at radius 3 is 2.74 bits per heavy atom. The van der Waals surface area contributed by atoms with Crippen molar-refractivity contribution in [2.75, 3.05) is 0 Å².